The lowest BCUT2D eigenvalue weighted by Gasteiger charge is -2.16. The van der Waals surface area contributed by atoms with Crippen molar-refractivity contribution in [3.8, 4) is 0 Å². The fourth-order valence-electron chi connectivity index (χ4n) is 1.78. The molecule has 1 aromatic rings. The number of amides is 1. The Bertz CT molecular complexity index is 422. The van der Waals surface area contributed by atoms with Crippen LogP contribution in [-0.4, -0.2) is 22.8 Å². The summed E-state index contributed by atoms with van der Waals surface area (Å²) in [5, 5.41) is 0.871. The molecule has 1 aliphatic rings. The van der Waals surface area contributed by atoms with E-state index in [2.05, 4.69) is 36.8 Å². The molecule has 1 unspecified atom stereocenters. The number of pyridine rings is 1. The van der Waals surface area contributed by atoms with Gasteiger partial charge in [-0.25, -0.2) is 0 Å². The van der Waals surface area contributed by atoms with E-state index >= 15 is 0 Å². The Kier molecular flexibility index (Phi) is 3.64. The lowest BCUT2D eigenvalue weighted by atomic mass is 10.2. The van der Waals surface area contributed by atoms with Crippen molar-refractivity contribution in [3.05, 3.63) is 22.4 Å². The van der Waals surface area contributed by atoms with Gasteiger partial charge in [0.15, 0.2) is 0 Å². The number of hydrogen-bond donors (Lipinski definition) is 0. The van der Waals surface area contributed by atoms with Crippen molar-refractivity contribution in [2.24, 2.45) is 5.92 Å². The molecule has 2 heterocycles. The van der Waals surface area contributed by atoms with Crippen molar-refractivity contribution in [1.29, 1.82) is 0 Å². The maximum absolute atomic E-state index is 11.8. The first-order chi connectivity index (χ1) is 7.61. The van der Waals surface area contributed by atoms with Crippen molar-refractivity contribution in [3.63, 3.8) is 0 Å². The first-order valence-electron chi connectivity index (χ1n) is 5.10. The van der Waals surface area contributed by atoms with Crippen molar-refractivity contribution in [2.75, 3.05) is 16.8 Å². The summed E-state index contributed by atoms with van der Waals surface area (Å²) >= 11 is 6.86. The average Bonchev–Trinajstić information content (AvgIpc) is 2.64. The maximum Gasteiger partial charge on any atom is 0.227 e. The number of carbonyl (C=O) groups excluding carboxylic acids is 1. The molecule has 0 aromatic carbocycles. The summed E-state index contributed by atoms with van der Waals surface area (Å²) in [5.41, 5.74) is 1.82. The third-order valence-electron chi connectivity index (χ3n) is 2.75. The fraction of sp³-hybridized carbons (Fsp3) is 0.455. The number of alkyl halides is 1. The molecule has 1 amide bonds. The average molecular weight is 348 g/mol. The van der Waals surface area contributed by atoms with Crippen molar-refractivity contribution in [2.45, 2.75) is 13.3 Å². The van der Waals surface area contributed by atoms with Crippen LogP contribution in [0.15, 0.2) is 16.7 Å². The molecule has 1 aromatic heterocycles. The van der Waals surface area contributed by atoms with Gasteiger partial charge in [0.25, 0.3) is 0 Å². The minimum atomic E-state index is 0.182. The van der Waals surface area contributed by atoms with E-state index in [1.807, 2.05) is 17.9 Å². The summed E-state index contributed by atoms with van der Waals surface area (Å²) in [7, 11) is 0. The van der Waals surface area contributed by atoms with Crippen LogP contribution in [0, 0.1) is 12.8 Å². The summed E-state index contributed by atoms with van der Waals surface area (Å²) < 4.78 is 0.945. The number of nitrogens with zero attached hydrogens (tertiary/aromatic N) is 2. The largest absolute Gasteiger partial charge is 0.311 e. The first kappa shape index (κ1) is 12.0. The Morgan fingerprint density at radius 2 is 2.38 bits per heavy atom. The SMILES string of the molecule is Cc1ncc(N2CC(CBr)CC2=O)cc1Br. The highest BCUT2D eigenvalue weighted by molar-refractivity contribution is 9.10. The molecule has 1 fully saturated rings. The molecule has 1 saturated heterocycles. The number of hydrogen-bond acceptors (Lipinski definition) is 2. The van der Waals surface area contributed by atoms with Crippen LogP contribution < -0.4 is 4.90 Å². The topological polar surface area (TPSA) is 33.2 Å². The van der Waals surface area contributed by atoms with E-state index in [1.54, 1.807) is 6.20 Å². The van der Waals surface area contributed by atoms with Gasteiger partial charge >= 0.3 is 0 Å². The highest BCUT2D eigenvalue weighted by atomic mass is 79.9. The number of aromatic nitrogens is 1. The van der Waals surface area contributed by atoms with E-state index < -0.39 is 0 Å². The zero-order valence-electron chi connectivity index (χ0n) is 8.91. The predicted octanol–water partition coefficient (Wildman–Crippen LogP) is 2.90. The van der Waals surface area contributed by atoms with E-state index in [0.717, 1.165) is 27.7 Å². The predicted molar refractivity (Wildman–Crippen MR) is 70.9 cm³/mol. The zero-order chi connectivity index (χ0) is 11.7. The van der Waals surface area contributed by atoms with Crippen molar-refractivity contribution >= 4 is 43.5 Å². The lowest BCUT2D eigenvalue weighted by molar-refractivity contribution is -0.117. The van der Waals surface area contributed by atoms with Crippen LogP contribution >= 0.6 is 31.9 Å². The van der Waals surface area contributed by atoms with Gasteiger partial charge in [-0.2, -0.15) is 0 Å². The Morgan fingerprint density at radius 1 is 1.62 bits per heavy atom. The van der Waals surface area contributed by atoms with Gasteiger partial charge in [-0.15, -0.1) is 0 Å². The van der Waals surface area contributed by atoms with Gasteiger partial charge in [-0.1, -0.05) is 15.9 Å². The third kappa shape index (κ3) is 2.30. The maximum atomic E-state index is 11.8. The second-order valence-corrected chi connectivity index (χ2v) is 5.49. The Hall–Kier alpha value is -0.420. The van der Waals surface area contributed by atoms with Gasteiger partial charge in [0, 0.05) is 22.8 Å². The minimum absolute atomic E-state index is 0.182. The van der Waals surface area contributed by atoms with Gasteiger partial charge < -0.3 is 4.90 Å². The highest BCUT2D eigenvalue weighted by Gasteiger charge is 2.30. The number of carbonyl (C=O) groups is 1. The molecular formula is C11H12Br2N2O. The number of anilines is 1. The Morgan fingerprint density at radius 3 is 2.94 bits per heavy atom. The molecule has 3 nitrogen and oxygen atoms in total. The lowest BCUT2D eigenvalue weighted by Crippen LogP contribution is -2.24. The van der Waals surface area contributed by atoms with E-state index in [9.17, 15) is 4.79 Å². The van der Waals surface area contributed by atoms with Crippen LogP contribution in [0.25, 0.3) is 0 Å². The van der Waals surface area contributed by atoms with Crippen LogP contribution in [-0.2, 0) is 4.79 Å². The van der Waals surface area contributed by atoms with Crippen LogP contribution in [0.1, 0.15) is 12.1 Å². The molecule has 2 rings (SSSR count). The molecule has 16 heavy (non-hydrogen) atoms. The van der Waals surface area contributed by atoms with Crippen LogP contribution in [0.5, 0.6) is 0 Å². The third-order valence-corrected chi connectivity index (χ3v) is 4.46. The molecular weight excluding hydrogens is 336 g/mol. The molecule has 0 bridgehead atoms. The molecule has 0 radical (unpaired) electrons. The summed E-state index contributed by atoms with van der Waals surface area (Å²) in [5.74, 6) is 0.592. The number of aryl methyl sites for hydroxylation is 1. The van der Waals surface area contributed by atoms with E-state index in [4.69, 9.17) is 0 Å². The highest BCUT2D eigenvalue weighted by Crippen LogP contribution is 2.28. The van der Waals surface area contributed by atoms with E-state index in [1.165, 1.54) is 0 Å². The number of halogens is 2. The molecule has 1 atom stereocenters. The van der Waals surface area contributed by atoms with E-state index in [0.29, 0.717) is 12.3 Å². The normalized spacial score (nSPS) is 20.6. The number of rotatable bonds is 2. The summed E-state index contributed by atoms with van der Waals surface area (Å²) in [6.45, 7) is 2.71. The quantitative estimate of drug-likeness (QED) is 0.771. The molecule has 0 N–H and O–H groups in total. The van der Waals surface area contributed by atoms with Crippen LogP contribution in [0.2, 0.25) is 0 Å². The fourth-order valence-corrected chi connectivity index (χ4v) is 2.55. The molecule has 0 aliphatic carbocycles. The Labute approximate surface area is 111 Å². The second-order valence-electron chi connectivity index (χ2n) is 3.99. The van der Waals surface area contributed by atoms with Gasteiger partial charge in [0.2, 0.25) is 5.91 Å². The Balaban J connectivity index is 2.24. The van der Waals surface area contributed by atoms with Gasteiger partial charge in [0.1, 0.15) is 0 Å². The van der Waals surface area contributed by atoms with Gasteiger partial charge in [0.05, 0.1) is 17.6 Å². The van der Waals surface area contributed by atoms with Crippen LogP contribution in [0.3, 0.4) is 0 Å². The molecule has 1 aliphatic heterocycles. The standard InChI is InChI=1S/C11H12Br2N2O/c1-7-10(13)3-9(5-14-7)15-6-8(4-12)2-11(15)16/h3,5,8H,2,4,6H2,1H3. The molecule has 5 heteroatoms. The van der Waals surface area contributed by atoms with Gasteiger partial charge in [-0.05, 0) is 34.8 Å². The monoisotopic (exact) mass is 346 g/mol. The minimum Gasteiger partial charge on any atom is -0.311 e. The zero-order valence-corrected chi connectivity index (χ0v) is 12.1. The van der Waals surface area contributed by atoms with Crippen molar-refractivity contribution in [1.82, 2.24) is 4.98 Å². The summed E-state index contributed by atoms with van der Waals surface area (Å²) in [4.78, 5) is 17.9. The first-order valence-corrected chi connectivity index (χ1v) is 7.01. The summed E-state index contributed by atoms with van der Waals surface area (Å²) in [6, 6.07) is 1.96. The molecule has 0 spiro atoms. The summed E-state index contributed by atoms with van der Waals surface area (Å²) in [6.07, 6.45) is 2.38. The molecule has 86 valence electrons. The van der Waals surface area contributed by atoms with E-state index in [-0.39, 0.29) is 5.91 Å². The van der Waals surface area contributed by atoms with Crippen molar-refractivity contribution < 1.29 is 4.79 Å². The van der Waals surface area contributed by atoms with Gasteiger partial charge in [-0.3, -0.25) is 9.78 Å². The molecule has 0 saturated carbocycles. The smallest absolute Gasteiger partial charge is 0.227 e. The second kappa shape index (κ2) is 4.84. The van der Waals surface area contributed by atoms with Crippen LogP contribution in [0.4, 0.5) is 5.69 Å².